The van der Waals surface area contributed by atoms with E-state index in [1.165, 1.54) is 32.5 Å². The number of ether oxygens (including phenoxy) is 1. The van der Waals surface area contributed by atoms with Gasteiger partial charge in [0.15, 0.2) is 0 Å². The van der Waals surface area contributed by atoms with E-state index in [4.69, 9.17) is 22.7 Å². The first-order chi connectivity index (χ1) is 7.75. The Hall–Kier alpha value is -0.190. The molecule has 92 valence electrons. The molecule has 0 aromatic carbocycles. The van der Waals surface area contributed by atoms with Crippen LogP contribution in [0.1, 0.15) is 25.7 Å². The lowest BCUT2D eigenvalue weighted by molar-refractivity contribution is 0.0485. The number of hydrogen-bond donors (Lipinski definition) is 1. The molecule has 2 rings (SSSR count). The highest BCUT2D eigenvalue weighted by atomic mass is 32.1. The largest absolute Gasteiger partial charge is 0.393 e. The lowest BCUT2D eigenvalue weighted by Crippen LogP contribution is -2.41. The van der Waals surface area contributed by atoms with Gasteiger partial charge in [-0.25, -0.2) is 0 Å². The highest BCUT2D eigenvalue weighted by Gasteiger charge is 2.23. The molecule has 0 spiro atoms. The maximum Gasteiger partial charge on any atom is 0.0759 e. The Morgan fingerprint density at radius 1 is 1.19 bits per heavy atom. The van der Waals surface area contributed by atoms with Crippen molar-refractivity contribution in [2.75, 3.05) is 32.8 Å². The Morgan fingerprint density at radius 3 is 2.38 bits per heavy atom. The third-order valence-electron chi connectivity index (χ3n) is 3.85. The maximum absolute atomic E-state index is 5.69. The molecule has 2 aliphatic heterocycles. The molecule has 0 radical (unpaired) electrons. The van der Waals surface area contributed by atoms with Crippen molar-refractivity contribution >= 4 is 17.2 Å². The van der Waals surface area contributed by atoms with E-state index in [0.29, 0.717) is 10.9 Å². The Bertz CT molecular complexity index is 233. The van der Waals surface area contributed by atoms with Gasteiger partial charge in [0, 0.05) is 25.7 Å². The minimum Gasteiger partial charge on any atom is -0.393 e. The third-order valence-corrected chi connectivity index (χ3v) is 4.18. The van der Waals surface area contributed by atoms with Crippen molar-refractivity contribution < 1.29 is 4.74 Å². The highest BCUT2D eigenvalue weighted by molar-refractivity contribution is 7.80. The summed E-state index contributed by atoms with van der Waals surface area (Å²) in [5.41, 5.74) is 5.69. The van der Waals surface area contributed by atoms with Crippen LogP contribution in [0.4, 0.5) is 0 Å². The minimum atomic E-state index is 0.487. The predicted octanol–water partition coefficient (Wildman–Crippen LogP) is 1.41. The van der Waals surface area contributed by atoms with Gasteiger partial charge in [-0.15, -0.1) is 0 Å². The standard InChI is InChI=1S/C12H22N2OS/c13-12(16)11-1-5-14(6-2-11)9-10-3-7-15-8-4-10/h10-11H,1-9H2,(H2,13,16). The fourth-order valence-electron chi connectivity index (χ4n) is 2.69. The molecule has 16 heavy (non-hydrogen) atoms. The summed E-state index contributed by atoms with van der Waals surface area (Å²) >= 11 is 5.06. The molecule has 2 N–H and O–H groups in total. The molecule has 0 aliphatic carbocycles. The van der Waals surface area contributed by atoms with Crippen molar-refractivity contribution in [3.05, 3.63) is 0 Å². The summed E-state index contributed by atoms with van der Waals surface area (Å²) in [4.78, 5) is 3.29. The van der Waals surface area contributed by atoms with Gasteiger partial charge in [0.05, 0.1) is 4.99 Å². The van der Waals surface area contributed by atoms with Gasteiger partial charge < -0.3 is 15.4 Å². The lowest BCUT2D eigenvalue weighted by Gasteiger charge is -2.34. The van der Waals surface area contributed by atoms with Gasteiger partial charge in [-0.2, -0.15) is 0 Å². The zero-order chi connectivity index (χ0) is 11.4. The number of nitrogens with zero attached hydrogens (tertiary/aromatic N) is 1. The van der Waals surface area contributed by atoms with Gasteiger partial charge >= 0.3 is 0 Å². The van der Waals surface area contributed by atoms with E-state index in [0.717, 1.165) is 32.0 Å². The van der Waals surface area contributed by atoms with Crippen LogP contribution in [0.15, 0.2) is 0 Å². The number of thiocarbonyl (C=S) groups is 1. The van der Waals surface area contributed by atoms with Gasteiger partial charge in [0.2, 0.25) is 0 Å². The zero-order valence-corrected chi connectivity index (χ0v) is 10.7. The van der Waals surface area contributed by atoms with Crippen LogP contribution < -0.4 is 5.73 Å². The van der Waals surface area contributed by atoms with Gasteiger partial charge in [0.1, 0.15) is 0 Å². The number of rotatable bonds is 3. The smallest absolute Gasteiger partial charge is 0.0759 e. The molecular formula is C12H22N2OS. The second-order valence-electron chi connectivity index (χ2n) is 5.03. The van der Waals surface area contributed by atoms with Gasteiger partial charge in [0.25, 0.3) is 0 Å². The normalized spacial score (nSPS) is 25.8. The summed E-state index contributed by atoms with van der Waals surface area (Å²) in [5, 5.41) is 0. The Kier molecular flexibility index (Phi) is 4.55. The number of nitrogens with two attached hydrogens (primary N) is 1. The number of hydrogen-bond acceptors (Lipinski definition) is 3. The third kappa shape index (κ3) is 3.40. The zero-order valence-electron chi connectivity index (χ0n) is 9.86. The van der Waals surface area contributed by atoms with Crippen LogP contribution in [0.5, 0.6) is 0 Å². The summed E-state index contributed by atoms with van der Waals surface area (Å²) in [6.07, 6.45) is 4.77. The van der Waals surface area contributed by atoms with Crippen LogP contribution >= 0.6 is 12.2 Å². The predicted molar refractivity (Wildman–Crippen MR) is 69.5 cm³/mol. The van der Waals surface area contributed by atoms with Crippen molar-refractivity contribution in [2.24, 2.45) is 17.6 Å². The first-order valence-electron chi connectivity index (χ1n) is 6.35. The minimum absolute atomic E-state index is 0.487. The maximum atomic E-state index is 5.69. The van der Waals surface area contributed by atoms with Crippen LogP contribution in [0, 0.1) is 11.8 Å². The Morgan fingerprint density at radius 2 is 1.81 bits per heavy atom. The molecule has 0 amide bonds. The molecule has 0 aromatic rings. The molecule has 2 aliphatic rings. The molecule has 2 saturated heterocycles. The molecule has 0 bridgehead atoms. The number of piperidine rings is 1. The van der Waals surface area contributed by atoms with Crippen LogP contribution in [0.25, 0.3) is 0 Å². The topological polar surface area (TPSA) is 38.5 Å². The molecule has 0 saturated carbocycles. The average Bonchev–Trinajstić information content (AvgIpc) is 2.31. The average molecular weight is 242 g/mol. The Labute approximate surface area is 103 Å². The van der Waals surface area contributed by atoms with E-state index < -0.39 is 0 Å². The van der Waals surface area contributed by atoms with Crippen molar-refractivity contribution in [2.45, 2.75) is 25.7 Å². The monoisotopic (exact) mass is 242 g/mol. The molecule has 0 atom stereocenters. The lowest BCUT2D eigenvalue weighted by atomic mass is 9.94. The van der Waals surface area contributed by atoms with Crippen molar-refractivity contribution in [3.63, 3.8) is 0 Å². The van der Waals surface area contributed by atoms with Crippen LogP contribution in [-0.2, 0) is 4.74 Å². The molecule has 0 aromatic heterocycles. The summed E-state index contributed by atoms with van der Waals surface area (Å²) in [7, 11) is 0. The van der Waals surface area contributed by atoms with Gasteiger partial charge in [-0.05, 0) is 44.7 Å². The summed E-state index contributed by atoms with van der Waals surface area (Å²) < 4.78 is 5.39. The van der Waals surface area contributed by atoms with E-state index in [2.05, 4.69) is 4.90 Å². The highest BCUT2D eigenvalue weighted by Crippen LogP contribution is 2.21. The van der Waals surface area contributed by atoms with Crippen LogP contribution in [-0.4, -0.2) is 42.7 Å². The van der Waals surface area contributed by atoms with Gasteiger partial charge in [-0.1, -0.05) is 12.2 Å². The summed E-state index contributed by atoms with van der Waals surface area (Å²) in [6.45, 7) is 5.48. The van der Waals surface area contributed by atoms with E-state index in [9.17, 15) is 0 Å². The molecule has 2 heterocycles. The van der Waals surface area contributed by atoms with E-state index in [1.54, 1.807) is 0 Å². The van der Waals surface area contributed by atoms with Crippen molar-refractivity contribution in [1.82, 2.24) is 4.90 Å². The summed E-state index contributed by atoms with van der Waals surface area (Å²) in [5.74, 6) is 1.33. The van der Waals surface area contributed by atoms with E-state index in [-0.39, 0.29) is 0 Å². The first-order valence-corrected chi connectivity index (χ1v) is 6.76. The summed E-state index contributed by atoms with van der Waals surface area (Å²) in [6, 6.07) is 0. The van der Waals surface area contributed by atoms with E-state index >= 15 is 0 Å². The molecule has 0 unspecified atom stereocenters. The molecule has 4 heteroatoms. The quantitative estimate of drug-likeness (QED) is 0.760. The SMILES string of the molecule is NC(=S)C1CCN(CC2CCOCC2)CC1. The number of likely N-dealkylation sites (tertiary alicyclic amines) is 1. The van der Waals surface area contributed by atoms with Crippen molar-refractivity contribution in [1.29, 1.82) is 0 Å². The molecule has 3 nitrogen and oxygen atoms in total. The van der Waals surface area contributed by atoms with Crippen LogP contribution in [0.2, 0.25) is 0 Å². The van der Waals surface area contributed by atoms with E-state index in [1.807, 2.05) is 0 Å². The second-order valence-corrected chi connectivity index (χ2v) is 5.50. The second kappa shape index (κ2) is 5.94. The fourth-order valence-corrected chi connectivity index (χ4v) is 2.93. The fraction of sp³-hybridized carbons (Fsp3) is 0.917. The van der Waals surface area contributed by atoms with Gasteiger partial charge in [-0.3, -0.25) is 0 Å². The van der Waals surface area contributed by atoms with Crippen LogP contribution in [0.3, 0.4) is 0 Å². The Balaban J connectivity index is 1.70. The molecular weight excluding hydrogens is 220 g/mol. The van der Waals surface area contributed by atoms with Crippen molar-refractivity contribution in [3.8, 4) is 0 Å². The molecule has 2 fully saturated rings. The first kappa shape index (κ1) is 12.3.